The first kappa shape index (κ1) is 18.0. The number of benzene rings is 2. The Balaban J connectivity index is 1.94. The third kappa shape index (κ3) is 2.97. The number of halogens is 1. The molecule has 6 nitrogen and oxygen atoms in total. The van der Waals surface area contributed by atoms with Gasteiger partial charge in [0.2, 0.25) is 0 Å². The van der Waals surface area contributed by atoms with E-state index in [-0.39, 0.29) is 17.2 Å². The van der Waals surface area contributed by atoms with Gasteiger partial charge in [-0.15, -0.1) is 0 Å². The lowest BCUT2D eigenvalue weighted by atomic mass is 9.95. The van der Waals surface area contributed by atoms with Crippen molar-refractivity contribution < 1.29 is 19.2 Å². The zero-order chi connectivity index (χ0) is 19.8. The molecule has 0 unspecified atom stereocenters. The Labute approximate surface area is 165 Å². The number of aromatic nitrogens is 1. The number of aryl methyl sites for hydroxylation is 1. The van der Waals surface area contributed by atoms with Gasteiger partial charge in [0.15, 0.2) is 5.82 Å². The van der Waals surface area contributed by atoms with E-state index in [1.165, 1.54) is 4.90 Å². The highest BCUT2D eigenvalue weighted by Crippen LogP contribution is 2.42. The summed E-state index contributed by atoms with van der Waals surface area (Å²) in [5, 5.41) is 15.3. The van der Waals surface area contributed by atoms with Gasteiger partial charge < -0.3 is 9.63 Å². The van der Waals surface area contributed by atoms with Gasteiger partial charge in [0.05, 0.1) is 11.6 Å². The van der Waals surface area contributed by atoms with Gasteiger partial charge in [-0.3, -0.25) is 14.5 Å². The Kier molecular flexibility index (Phi) is 4.49. The number of rotatable bonds is 3. The summed E-state index contributed by atoms with van der Waals surface area (Å²) < 4.78 is 5.09. The molecule has 0 saturated carbocycles. The molecule has 0 bridgehead atoms. The molecule has 1 saturated heterocycles. The van der Waals surface area contributed by atoms with E-state index in [4.69, 9.17) is 16.1 Å². The molecule has 1 aromatic heterocycles. The van der Waals surface area contributed by atoms with E-state index < -0.39 is 17.7 Å². The third-order valence-corrected chi connectivity index (χ3v) is 4.79. The van der Waals surface area contributed by atoms with Crippen molar-refractivity contribution in [2.45, 2.75) is 13.0 Å². The quantitative estimate of drug-likeness (QED) is 0.407. The van der Waals surface area contributed by atoms with Gasteiger partial charge in [-0.2, -0.15) is 0 Å². The predicted octanol–water partition coefficient (Wildman–Crippen LogP) is 4.26. The maximum atomic E-state index is 12.9. The van der Waals surface area contributed by atoms with Crippen LogP contribution in [0.2, 0.25) is 5.02 Å². The number of nitrogens with zero attached hydrogens (tertiary/aromatic N) is 2. The average Bonchev–Trinajstić information content (AvgIpc) is 3.24. The molecule has 0 aliphatic carbocycles. The molecule has 1 fully saturated rings. The van der Waals surface area contributed by atoms with Gasteiger partial charge in [0.1, 0.15) is 11.5 Å². The van der Waals surface area contributed by atoms with Gasteiger partial charge in [-0.25, -0.2) is 0 Å². The molecule has 3 aromatic rings. The van der Waals surface area contributed by atoms with E-state index >= 15 is 0 Å². The fourth-order valence-corrected chi connectivity index (χ4v) is 3.37. The lowest BCUT2D eigenvalue weighted by Crippen LogP contribution is -2.29. The number of ketones is 1. The molecule has 28 heavy (non-hydrogen) atoms. The Bertz CT molecular complexity index is 1090. The fourth-order valence-electron chi connectivity index (χ4n) is 3.25. The molecule has 1 aliphatic heterocycles. The molecule has 1 N–H and O–H groups in total. The first-order chi connectivity index (χ1) is 13.5. The summed E-state index contributed by atoms with van der Waals surface area (Å²) in [5.41, 5.74) is 1.04. The number of Topliss-reactive ketones (excluding diaryl/α,β-unsaturated/α-hetero) is 1. The predicted molar refractivity (Wildman–Crippen MR) is 104 cm³/mol. The molecule has 0 radical (unpaired) electrons. The smallest absolute Gasteiger partial charge is 0.301 e. The minimum Gasteiger partial charge on any atom is -0.507 e. The number of amides is 1. The molecule has 140 valence electrons. The summed E-state index contributed by atoms with van der Waals surface area (Å²) >= 11 is 5.99. The zero-order valence-corrected chi connectivity index (χ0v) is 15.6. The van der Waals surface area contributed by atoms with Crippen LogP contribution in [0.3, 0.4) is 0 Å². The maximum Gasteiger partial charge on any atom is 0.301 e. The molecule has 7 heteroatoms. The second kappa shape index (κ2) is 6.98. The Morgan fingerprint density at radius 1 is 1.11 bits per heavy atom. The van der Waals surface area contributed by atoms with Gasteiger partial charge in [0.25, 0.3) is 5.78 Å². The minimum atomic E-state index is -0.859. The van der Waals surface area contributed by atoms with Crippen molar-refractivity contribution in [2.75, 3.05) is 4.90 Å². The Hall–Kier alpha value is -3.38. The summed E-state index contributed by atoms with van der Waals surface area (Å²) in [6, 6.07) is 16.1. The van der Waals surface area contributed by atoms with E-state index in [1.807, 2.05) is 0 Å². The van der Waals surface area contributed by atoms with E-state index in [0.717, 1.165) is 0 Å². The van der Waals surface area contributed by atoms with Crippen molar-refractivity contribution in [3.05, 3.63) is 88.1 Å². The maximum absolute atomic E-state index is 12.9. The second-order valence-electron chi connectivity index (χ2n) is 6.38. The van der Waals surface area contributed by atoms with Crippen LogP contribution in [0.1, 0.15) is 22.9 Å². The molecule has 1 atom stereocenters. The normalized spacial score (nSPS) is 18.6. The topological polar surface area (TPSA) is 83.6 Å². The first-order valence-corrected chi connectivity index (χ1v) is 8.90. The van der Waals surface area contributed by atoms with E-state index in [0.29, 0.717) is 21.9 Å². The number of hydrogen-bond acceptors (Lipinski definition) is 5. The van der Waals surface area contributed by atoms with Crippen LogP contribution in [0.25, 0.3) is 5.76 Å². The molecule has 1 amide bonds. The lowest BCUT2D eigenvalue weighted by molar-refractivity contribution is -0.132. The van der Waals surface area contributed by atoms with E-state index in [9.17, 15) is 14.7 Å². The monoisotopic (exact) mass is 394 g/mol. The van der Waals surface area contributed by atoms with Crippen molar-refractivity contribution in [1.29, 1.82) is 0 Å². The van der Waals surface area contributed by atoms with Crippen LogP contribution in [0.4, 0.5) is 5.82 Å². The summed E-state index contributed by atoms with van der Waals surface area (Å²) in [5.74, 6) is -1.13. The molecule has 0 spiro atoms. The molecular formula is C21H15ClN2O4. The number of hydrogen-bond donors (Lipinski definition) is 1. The van der Waals surface area contributed by atoms with Crippen molar-refractivity contribution in [2.24, 2.45) is 0 Å². The van der Waals surface area contributed by atoms with Crippen LogP contribution in [0, 0.1) is 6.92 Å². The van der Waals surface area contributed by atoms with Crippen LogP contribution < -0.4 is 4.90 Å². The summed E-state index contributed by atoms with van der Waals surface area (Å²) in [6.07, 6.45) is 0. The van der Waals surface area contributed by atoms with Crippen molar-refractivity contribution in [3.63, 3.8) is 0 Å². The Morgan fingerprint density at radius 3 is 2.39 bits per heavy atom. The van der Waals surface area contributed by atoms with Gasteiger partial charge in [0, 0.05) is 16.7 Å². The van der Waals surface area contributed by atoms with Crippen LogP contribution >= 0.6 is 11.6 Å². The third-order valence-electron chi connectivity index (χ3n) is 4.54. The summed E-state index contributed by atoms with van der Waals surface area (Å²) in [7, 11) is 0. The first-order valence-electron chi connectivity index (χ1n) is 8.52. The van der Waals surface area contributed by atoms with E-state index in [2.05, 4.69) is 5.16 Å². The minimum absolute atomic E-state index is 0.0147. The summed E-state index contributed by atoms with van der Waals surface area (Å²) in [4.78, 5) is 26.9. The zero-order valence-electron chi connectivity index (χ0n) is 14.8. The average molecular weight is 395 g/mol. The van der Waals surface area contributed by atoms with Gasteiger partial charge in [-0.1, -0.05) is 59.2 Å². The fraction of sp³-hybridized carbons (Fsp3) is 0.0952. The van der Waals surface area contributed by atoms with Crippen molar-refractivity contribution in [3.8, 4) is 0 Å². The van der Waals surface area contributed by atoms with E-state index in [1.54, 1.807) is 67.6 Å². The van der Waals surface area contributed by atoms with Crippen LogP contribution in [-0.2, 0) is 9.59 Å². The Morgan fingerprint density at radius 2 is 1.79 bits per heavy atom. The number of carbonyl (C=O) groups is 2. The molecule has 2 heterocycles. The van der Waals surface area contributed by atoms with Crippen LogP contribution in [0.5, 0.6) is 0 Å². The standard InChI is InChI=1S/C21H15ClN2O4/c1-12-11-16(23-28-12)24-18(13-7-9-15(22)10-8-13)17(20(26)21(24)27)19(25)14-5-3-2-4-6-14/h2-11,18,25H,1H3/t18-/m0/s1. The van der Waals surface area contributed by atoms with Crippen molar-refractivity contribution in [1.82, 2.24) is 5.16 Å². The number of anilines is 1. The summed E-state index contributed by atoms with van der Waals surface area (Å²) in [6.45, 7) is 1.69. The molecular weight excluding hydrogens is 380 g/mol. The number of aliphatic hydroxyl groups excluding tert-OH is 1. The lowest BCUT2D eigenvalue weighted by Gasteiger charge is -2.22. The highest BCUT2D eigenvalue weighted by Gasteiger charge is 2.48. The van der Waals surface area contributed by atoms with Crippen LogP contribution in [0.15, 0.2) is 70.8 Å². The SMILES string of the molecule is Cc1cc(N2C(=O)C(=O)C(=C(O)c3ccccc3)[C@@H]2c2ccc(Cl)cc2)no1. The van der Waals surface area contributed by atoms with Gasteiger partial charge >= 0.3 is 5.91 Å². The molecule has 4 rings (SSSR count). The number of aliphatic hydroxyl groups is 1. The second-order valence-corrected chi connectivity index (χ2v) is 6.82. The number of carbonyl (C=O) groups excluding carboxylic acids is 2. The van der Waals surface area contributed by atoms with Crippen LogP contribution in [-0.4, -0.2) is 22.0 Å². The van der Waals surface area contributed by atoms with Crippen molar-refractivity contribution >= 4 is 34.9 Å². The molecule has 1 aliphatic rings. The molecule has 2 aromatic carbocycles. The van der Waals surface area contributed by atoms with Gasteiger partial charge in [-0.05, 0) is 24.6 Å². The highest BCUT2D eigenvalue weighted by molar-refractivity contribution is 6.51. The largest absolute Gasteiger partial charge is 0.507 e. The highest BCUT2D eigenvalue weighted by atomic mass is 35.5.